The van der Waals surface area contributed by atoms with Crippen molar-refractivity contribution in [3.8, 4) is 0 Å². The van der Waals surface area contributed by atoms with Crippen molar-refractivity contribution in [3.63, 3.8) is 0 Å². The summed E-state index contributed by atoms with van der Waals surface area (Å²) in [5.74, 6) is -0.961. The van der Waals surface area contributed by atoms with Crippen LogP contribution in [0.3, 0.4) is 0 Å². The Hall–Kier alpha value is -2.24. The molecule has 1 aliphatic rings. The molecule has 4 unspecified atom stereocenters. The van der Waals surface area contributed by atoms with Gasteiger partial charge in [-0.15, -0.1) is 0 Å². The Balaban J connectivity index is 2.08. The average molecular weight is 525 g/mol. The van der Waals surface area contributed by atoms with E-state index < -0.39 is 36.0 Å². The van der Waals surface area contributed by atoms with Gasteiger partial charge in [0.25, 0.3) is 0 Å². The number of nitrogens with two attached hydrogens (primary N) is 1. The Morgan fingerprint density at radius 1 is 1.06 bits per heavy atom. The molecule has 1 aliphatic heterocycles. The van der Waals surface area contributed by atoms with Gasteiger partial charge in [0, 0.05) is 13.0 Å². The number of amides is 3. The van der Waals surface area contributed by atoms with E-state index in [0.29, 0.717) is 38.0 Å². The number of benzene rings is 1. The Kier molecular flexibility index (Phi) is 12.4. The Labute approximate surface area is 215 Å². The molecule has 2 rings (SSSR count). The summed E-state index contributed by atoms with van der Waals surface area (Å²) < 4.78 is 0. The molecular weight excluding hydrogens is 488 g/mol. The number of nitrogens with one attached hydrogen (secondary N) is 2. The lowest BCUT2D eigenvalue weighted by Crippen LogP contribution is -2.57. The summed E-state index contributed by atoms with van der Waals surface area (Å²) >= 11 is 3.15. The first-order valence-corrected chi connectivity index (χ1v) is 14.5. The number of hydrogen-bond acceptors (Lipinski definition) is 7. The second kappa shape index (κ2) is 15.0. The summed E-state index contributed by atoms with van der Waals surface area (Å²) in [6.07, 6.45) is 5.97. The number of aliphatic carboxylic acids is 1. The third-order valence-electron chi connectivity index (χ3n) is 5.93. The van der Waals surface area contributed by atoms with Gasteiger partial charge in [0.2, 0.25) is 17.7 Å². The molecule has 4 atom stereocenters. The van der Waals surface area contributed by atoms with Crippen molar-refractivity contribution >= 4 is 47.2 Å². The number of carboxylic acid groups (broad SMARTS) is 1. The van der Waals surface area contributed by atoms with Crippen molar-refractivity contribution in [1.82, 2.24) is 15.5 Å². The molecule has 1 aromatic carbocycles. The van der Waals surface area contributed by atoms with Crippen molar-refractivity contribution in [2.45, 2.75) is 56.3 Å². The van der Waals surface area contributed by atoms with Gasteiger partial charge in [-0.3, -0.25) is 14.4 Å². The molecule has 0 saturated carbocycles. The number of rotatable bonds is 14. The van der Waals surface area contributed by atoms with Gasteiger partial charge >= 0.3 is 5.97 Å². The van der Waals surface area contributed by atoms with E-state index in [1.54, 1.807) is 35.7 Å². The zero-order valence-electron chi connectivity index (χ0n) is 20.3. The highest BCUT2D eigenvalue weighted by Gasteiger charge is 2.39. The van der Waals surface area contributed by atoms with Crippen molar-refractivity contribution in [2.75, 3.05) is 30.6 Å². The molecule has 0 spiro atoms. The van der Waals surface area contributed by atoms with Crippen molar-refractivity contribution < 1.29 is 24.3 Å². The molecule has 0 aliphatic carbocycles. The third-order valence-corrected chi connectivity index (χ3v) is 7.22. The second-order valence-electron chi connectivity index (χ2n) is 8.51. The molecule has 0 radical (unpaired) electrons. The van der Waals surface area contributed by atoms with Crippen LogP contribution in [-0.2, 0) is 25.6 Å². The SMILES string of the molecule is CSCCC(N)C(=O)NC(CCSC)C(=O)N1CCCC1C(=O)NC(Cc1ccccc1)C(=O)O. The lowest BCUT2D eigenvalue weighted by molar-refractivity contribution is -0.144. The summed E-state index contributed by atoms with van der Waals surface area (Å²) in [4.78, 5) is 52.3. The summed E-state index contributed by atoms with van der Waals surface area (Å²) in [6.45, 7) is 0.373. The first-order chi connectivity index (χ1) is 16.8. The van der Waals surface area contributed by atoms with Gasteiger partial charge in [-0.25, -0.2) is 4.79 Å². The first-order valence-electron chi connectivity index (χ1n) is 11.7. The van der Waals surface area contributed by atoms with Crippen LogP contribution in [0.2, 0.25) is 0 Å². The molecule has 35 heavy (non-hydrogen) atoms. The monoisotopic (exact) mass is 524 g/mol. The van der Waals surface area contributed by atoms with Gasteiger partial charge in [-0.05, 0) is 55.3 Å². The Bertz CT molecular complexity index is 858. The predicted octanol–water partition coefficient (Wildman–Crippen LogP) is 1.11. The Morgan fingerprint density at radius 2 is 1.71 bits per heavy atom. The number of likely N-dealkylation sites (tertiary alicyclic amines) is 1. The minimum Gasteiger partial charge on any atom is -0.480 e. The largest absolute Gasteiger partial charge is 0.480 e. The summed E-state index contributed by atoms with van der Waals surface area (Å²) in [6, 6.07) is 5.67. The molecule has 1 fully saturated rings. The van der Waals surface area contributed by atoms with Crippen LogP contribution in [0.25, 0.3) is 0 Å². The van der Waals surface area contributed by atoms with Crippen LogP contribution in [0.5, 0.6) is 0 Å². The standard InChI is InChI=1S/C24H36N4O5S2/c1-34-13-10-17(25)21(29)26-18(11-14-35-2)23(31)28-12-6-9-20(28)22(30)27-19(24(32)33)15-16-7-4-3-5-8-16/h3-5,7-8,17-20H,6,9-15,25H2,1-2H3,(H,26,29)(H,27,30)(H,32,33). The molecule has 0 bridgehead atoms. The number of hydrogen-bond donors (Lipinski definition) is 4. The highest BCUT2D eigenvalue weighted by molar-refractivity contribution is 7.98. The molecule has 1 aromatic rings. The molecule has 3 amide bonds. The van der Waals surface area contributed by atoms with E-state index in [4.69, 9.17) is 5.73 Å². The van der Waals surface area contributed by atoms with Crippen LogP contribution >= 0.6 is 23.5 Å². The van der Waals surface area contributed by atoms with E-state index in [1.165, 1.54) is 4.90 Å². The molecule has 1 heterocycles. The summed E-state index contributed by atoms with van der Waals surface area (Å²) in [5.41, 5.74) is 6.77. The quantitative estimate of drug-likeness (QED) is 0.284. The smallest absolute Gasteiger partial charge is 0.326 e. The molecule has 194 valence electrons. The van der Waals surface area contributed by atoms with Crippen molar-refractivity contribution in [3.05, 3.63) is 35.9 Å². The maximum Gasteiger partial charge on any atom is 0.326 e. The number of nitrogens with zero attached hydrogens (tertiary/aromatic N) is 1. The minimum absolute atomic E-state index is 0.142. The topological polar surface area (TPSA) is 142 Å². The number of carbonyl (C=O) groups is 4. The van der Waals surface area contributed by atoms with Gasteiger partial charge < -0.3 is 26.4 Å². The van der Waals surface area contributed by atoms with Gasteiger partial charge in [0.05, 0.1) is 6.04 Å². The fourth-order valence-electron chi connectivity index (χ4n) is 3.97. The predicted molar refractivity (Wildman–Crippen MR) is 140 cm³/mol. The molecule has 5 N–H and O–H groups in total. The van der Waals surface area contributed by atoms with Gasteiger partial charge in [0.15, 0.2) is 0 Å². The lowest BCUT2D eigenvalue weighted by Gasteiger charge is -2.30. The van der Waals surface area contributed by atoms with Crippen LogP contribution in [-0.4, -0.2) is 88.4 Å². The van der Waals surface area contributed by atoms with Gasteiger partial charge in [-0.1, -0.05) is 30.3 Å². The normalized spacial score (nSPS) is 17.9. The van der Waals surface area contributed by atoms with Crippen LogP contribution < -0.4 is 16.4 Å². The zero-order valence-corrected chi connectivity index (χ0v) is 21.9. The van der Waals surface area contributed by atoms with Crippen LogP contribution in [0.15, 0.2) is 30.3 Å². The minimum atomic E-state index is -1.14. The summed E-state index contributed by atoms with van der Waals surface area (Å²) in [5, 5.41) is 15.0. The van der Waals surface area contributed by atoms with Crippen molar-refractivity contribution in [2.24, 2.45) is 5.73 Å². The van der Waals surface area contributed by atoms with E-state index in [0.717, 1.165) is 11.3 Å². The average Bonchev–Trinajstić information content (AvgIpc) is 3.34. The molecule has 11 heteroatoms. The molecule has 9 nitrogen and oxygen atoms in total. The number of thioether (sulfide) groups is 2. The highest BCUT2D eigenvalue weighted by Crippen LogP contribution is 2.20. The molecular formula is C24H36N4O5S2. The van der Waals surface area contributed by atoms with Gasteiger partial charge in [0.1, 0.15) is 18.1 Å². The molecule has 0 aromatic heterocycles. The maximum absolute atomic E-state index is 13.4. The van der Waals surface area contributed by atoms with Crippen molar-refractivity contribution in [1.29, 1.82) is 0 Å². The van der Waals surface area contributed by atoms with E-state index in [9.17, 15) is 24.3 Å². The molecule has 1 saturated heterocycles. The second-order valence-corrected chi connectivity index (χ2v) is 10.5. The lowest BCUT2D eigenvalue weighted by atomic mass is 10.0. The van der Waals surface area contributed by atoms with E-state index in [1.807, 2.05) is 30.7 Å². The fourth-order valence-corrected chi connectivity index (χ4v) is 4.93. The van der Waals surface area contributed by atoms with E-state index in [-0.39, 0.29) is 18.2 Å². The highest BCUT2D eigenvalue weighted by atomic mass is 32.2. The Morgan fingerprint density at radius 3 is 2.34 bits per heavy atom. The zero-order chi connectivity index (χ0) is 25.8. The van der Waals surface area contributed by atoms with Crippen LogP contribution in [0.1, 0.15) is 31.2 Å². The van der Waals surface area contributed by atoms with Crippen LogP contribution in [0, 0.1) is 0 Å². The third kappa shape index (κ3) is 9.05. The number of carbonyl (C=O) groups excluding carboxylic acids is 3. The maximum atomic E-state index is 13.4. The van der Waals surface area contributed by atoms with Crippen LogP contribution in [0.4, 0.5) is 0 Å². The number of carboxylic acids is 1. The van der Waals surface area contributed by atoms with Gasteiger partial charge in [-0.2, -0.15) is 23.5 Å². The van der Waals surface area contributed by atoms with E-state index >= 15 is 0 Å². The van der Waals surface area contributed by atoms with E-state index in [2.05, 4.69) is 10.6 Å². The fraction of sp³-hybridized carbons (Fsp3) is 0.583. The first kappa shape index (κ1) is 29.0. The summed E-state index contributed by atoms with van der Waals surface area (Å²) in [7, 11) is 0.